The van der Waals surface area contributed by atoms with Crippen LogP contribution in [0.3, 0.4) is 0 Å². The molecular formula is C15H21NO. The molecule has 0 aliphatic heterocycles. The second-order valence-electron chi connectivity index (χ2n) is 4.89. The average Bonchev–Trinajstić information content (AvgIpc) is 2.31. The van der Waals surface area contributed by atoms with Crippen molar-refractivity contribution in [3.8, 4) is 11.8 Å². The quantitative estimate of drug-likeness (QED) is 0.837. The molecule has 0 heterocycles. The number of hydrogen-bond acceptors (Lipinski definition) is 2. The molecule has 2 nitrogen and oxygen atoms in total. The first-order chi connectivity index (χ1) is 8.08. The number of phenolic OH excluding ortho intramolecular Hbond substituents is 1. The van der Waals surface area contributed by atoms with E-state index < -0.39 is 0 Å². The standard InChI is InChI=1S/C15H21NO/c1-4-13-8-12(10-16)9-14(15(13)17)7-5-6-11(2)3/h8-9,11,17H,4-7H2,1-3H3. The fraction of sp³-hybridized carbons (Fsp3) is 0.533. The smallest absolute Gasteiger partial charge is 0.122 e. The molecule has 0 aliphatic rings. The van der Waals surface area contributed by atoms with Gasteiger partial charge in [-0.25, -0.2) is 0 Å². The summed E-state index contributed by atoms with van der Waals surface area (Å²) >= 11 is 0. The molecule has 0 spiro atoms. The zero-order valence-corrected chi connectivity index (χ0v) is 11.0. The van der Waals surface area contributed by atoms with Crippen molar-refractivity contribution >= 4 is 0 Å². The number of aromatic hydroxyl groups is 1. The van der Waals surface area contributed by atoms with Crippen molar-refractivity contribution in [1.29, 1.82) is 5.26 Å². The Bertz CT molecular complexity index is 416. The minimum absolute atomic E-state index is 0.384. The normalized spacial score (nSPS) is 10.5. The van der Waals surface area contributed by atoms with E-state index in [9.17, 15) is 5.11 Å². The lowest BCUT2D eigenvalue weighted by atomic mass is 9.97. The second kappa shape index (κ2) is 6.30. The van der Waals surface area contributed by atoms with Gasteiger partial charge in [-0.1, -0.05) is 27.2 Å². The van der Waals surface area contributed by atoms with Gasteiger partial charge in [0, 0.05) is 0 Å². The summed E-state index contributed by atoms with van der Waals surface area (Å²) in [7, 11) is 0. The van der Waals surface area contributed by atoms with Crippen molar-refractivity contribution in [1.82, 2.24) is 0 Å². The first-order valence-corrected chi connectivity index (χ1v) is 6.33. The number of phenols is 1. The van der Waals surface area contributed by atoms with E-state index >= 15 is 0 Å². The molecule has 0 aromatic heterocycles. The third-order valence-electron chi connectivity index (χ3n) is 3.01. The van der Waals surface area contributed by atoms with Crippen molar-refractivity contribution in [2.75, 3.05) is 0 Å². The number of benzene rings is 1. The molecule has 92 valence electrons. The Balaban J connectivity index is 2.87. The molecule has 0 saturated carbocycles. The minimum Gasteiger partial charge on any atom is -0.507 e. The van der Waals surface area contributed by atoms with Gasteiger partial charge in [0.1, 0.15) is 5.75 Å². The lowest BCUT2D eigenvalue weighted by Crippen LogP contribution is -1.95. The number of nitrogens with zero attached hydrogens (tertiary/aromatic N) is 1. The Kier molecular flexibility index (Phi) is 5.03. The highest BCUT2D eigenvalue weighted by Crippen LogP contribution is 2.26. The van der Waals surface area contributed by atoms with E-state index in [2.05, 4.69) is 19.9 Å². The van der Waals surface area contributed by atoms with E-state index in [0.717, 1.165) is 36.8 Å². The second-order valence-corrected chi connectivity index (χ2v) is 4.89. The maximum Gasteiger partial charge on any atom is 0.122 e. The van der Waals surface area contributed by atoms with E-state index in [1.807, 2.05) is 13.0 Å². The van der Waals surface area contributed by atoms with Gasteiger partial charge in [0.25, 0.3) is 0 Å². The number of nitriles is 1. The summed E-state index contributed by atoms with van der Waals surface area (Å²) in [6, 6.07) is 5.75. The number of aryl methyl sites for hydroxylation is 2. The van der Waals surface area contributed by atoms with E-state index in [1.165, 1.54) is 0 Å². The molecule has 0 amide bonds. The van der Waals surface area contributed by atoms with Gasteiger partial charge in [-0.15, -0.1) is 0 Å². The summed E-state index contributed by atoms with van der Waals surface area (Å²) in [6.07, 6.45) is 3.83. The van der Waals surface area contributed by atoms with Gasteiger partial charge in [-0.3, -0.25) is 0 Å². The average molecular weight is 231 g/mol. The van der Waals surface area contributed by atoms with Gasteiger partial charge in [0.05, 0.1) is 11.6 Å². The van der Waals surface area contributed by atoms with Crippen LogP contribution in [0.2, 0.25) is 0 Å². The van der Waals surface area contributed by atoms with Gasteiger partial charge >= 0.3 is 0 Å². The highest BCUT2D eigenvalue weighted by atomic mass is 16.3. The van der Waals surface area contributed by atoms with Crippen LogP contribution >= 0.6 is 0 Å². The molecule has 0 saturated heterocycles. The van der Waals surface area contributed by atoms with Crippen molar-refractivity contribution < 1.29 is 5.11 Å². The third-order valence-corrected chi connectivity index (χ3v) is 3.01. The zero-order chi connectivity index (χ0) is 12.8. The van der Waals surface area contributed by atoms with E-state index in [0.29, 0.717) is 17.2 Å². The van der Waals surface area contributed by atoms with Crippen LogP contribution in [0.1, 0.15) is 50.3 Å². The fourth-order valence-corrected chi connectivity index (χ4v) is 1.99. The summed E-state index contributed by atoms with van der Waals surface area (Å²) in [4.78, 5) is 0. The lowest BCUT2D eigenvalue weighted by Gasteiger charge is -2.10. The Hall–Kier alpha value is -1.49. The van der Waals surface area contributed by atoms with Crippen LogP contribution in [0, 0.1) is 17.2 Å². The first-order valence-electron chi connectivity index (χ1n) is 6.33. The zero-order valence-electron chi connectivity index (χ0n) is 11.0. The van der Waals surface area contributed by atoms with E-state index in [1.54, 1.807) is 6.07 Å². The maximum absolute atomic E-state index is 10.1. The van der Waals surface area contributed by atoms with Crippen LogP contribution in [-0.4, -0.2) is 5.11 Å². The van der Waals surface area contributed by atoms with Crippen LogP contribution in [-0.2, 0) is 12.8 Å². The van der Waals surface area contributed by atoms with Crippen LogP contribution in [0.25, 0.3) is 0 Å². The monoisotopic (exact) mass is 231 g/mol. The molecular weight excluding hydrogens is 210 g/mol. The van der Waals surface area contributed by atoms with E-state index in [-0.39, 0.29) is 0 Å². The fourth-order valence-electron chi connectivity index (χ4n) is 1.99. The summed E-state index contributed by atoms with van der Waals surface area (Å²) in [5, 5.41) is 19.0. The molecule has 0 fully saturated rings. The highest BCUT2D eigenvalue weighted by molar-refractivity contribution is 5.47. The molecule has 0 aliphatic carbocycles. The molecule has 1 aromatic carbocycles. The lowest BCUT2D eigenvalue weighted by molar-refractivity contribution is 0.457. The SMILES string of the molecule is CCc1cc(C#N)cc(CCCC(C)C)c1O. The Morgan fingerprint density at radius 3 is 2.47 bits per heavy atom. The molecule has 0 unspecified atom stereocenters. The van der Waals surface area contributed by atoms with Crippen LogP contribution in [0.15, 0.2) is 12.1 Å². The third kappa shape index (κ3) is 3.78. The molecule has 1 N–H and O–H groups in total. The summed E-state index contributed by atoms with van der Waals surface area (Å²) in [5.74, 6) is 1.07. The Morgan fingerprint density at radius 1 is 1.29 bits per heavy atom. The Labute approximate surface area is 104 Å². The molecule has 0 bridgehead atoms. The largest absolute Gasteiger partial charge is 0.507 e. The highest BCUT2D eigenvalue weighted by Gasteiger charge is 2.09. The van der Waals surface area contributed by atoms with Crippen molar-refractivity contribution in [3.05, 3.63) is 28.8 Å². The van der Waals surface area contributed by atoms with Crippen LogP contribution in [0.5, 0.6) is 5.75 Å². The summed E-state index contributed by atoms with van der Waals surface area (Å²) in [5.41, 5.74) is 2.45. The molecule has 0 atom stereocenters. The van der Waals surface area contributed by atoms with Gasteiger partial charge in [0.2, 0.25) is 0 Å². The molecule has 1 aromatic rings. The molecule has 1 rings (SSSR count). The predicted octanol–water partition coefficient (Wildman–Crippen LogP) is 3.80. The van der Waals surface area contributed by atoms with Gasteiger partial charge in [0.15, 0.2) is 0 Å². The van der Waals surface area contributed by atoms with Crippen molar-refractivity contribution in [3.63, 3.8) is 0 Å². The van der Waals surface area contributed by atoms with Crippen molar-refractivity contribution in [2.45, 2.75) is 46.5 Å². The van der Waals surface area contributed by atoms with Gasteiger partial charge in [-0.05, 0) is 48.4 Å². The Morgan fingerprint density at radius 2 is 1.94 bits per heavy atom. The predicted molar refractivity (Wildman–Crippen MR) is 70.0 cm³/mol. The summed E-state index contributed by atoms with van der Waals surface area (Å²) < 4.78 is 0. The molecule has 2 heteroatoms. The molecule has 17 heavy (non-hydrogen) atoms. The van der Waals surface area contributed by atoms with Crippen molar-refractivity contribution in [2.24, 2.45) is 5.92 Å². The summed E-state index contributed by atoms with van der Waals surface area (Å²) in [6.45, 7) is 6.39. The van der Waals surface area contributed by atoms with Crippen LogP contribution in [0.4, 0.5) is 0 Å². The first kappa shape index (κ1) is 13.6. The molecule has 0 radical (unpaired) electrons. The number of hydrogen-bond donors (Lipinski definition) is 1. The van der Waals surface area contributed by atoms with Gasteiger partial charge in [-0.2, -0.15) is 5.26 Å². The number of rotatable bonds is 5. The van der Waals surface area contributed by atoms with Gasteiger partial charge < -0.3 is 5.11 Å². The minimum atomic E-state index is 0.384. The maximum atomic E-state index is 10.1. The topological polar surface area (TPSA) is 44.0 Å². The van der Waals surface area contributed by atoms with E-state index in [4.69, 9.17) is 5.26 Å². The van der Waals surface area contributed by atoms with Crippen LogP contribution < -0.4 is 0 Å².